The molecule has 2 aliphatic rings. The smallest absolute Gasteiger partial charge is 0.245 e. The number of rotatable bonds is 5. The molecule has 0 bridgehead atoms. The second kappa shape index (κ2) is 7.62. The summed E-state index contributed by atoms with van der Waals surface area (Å²) in [4.78, 5) is 26.3. The van der Waals surface area contributed by atoms with E-state index in [0.29, 0.717) is 32.0 Å². The molecule has 1 aliphatic heterocycles. The highest BCUT2D eigenvalue weighted by Crippen LogP contribution is 2.28. The van der Waals surface area contributed by atoms with E-state index in [2.05, 4.69) is 5.32 Å². The molecule has 0 aromatic rings. The van der Waals surface area contributed by atoms with Crippen molar-refractivity contribution in [3.8, 4) is 0 Å². The Morgan fingerprint density at radius 3 is 2.70 bits per heavy atom. The van der Waals surface area contributed by atoms with E-state index in [4.69, 9.17) is 4.74 Å². The van der Waals surface area contributed by atoms with Gasteiger partial charge in [0, 0.05) is 33.2 Å². The number of hydrogen-bond acceptors (Lipinski definition) is 3. The molecule has 2 fully saturated rings. The second-order valence-corrected chi connectivity index (χ2v) is 5.86. The van der Waals surface area contributed by atoms with Crippen LogP contribution in [0.5, 0.6) is 0 Å². The summed E-state index contributed by atoms with van der Waals surface area (Å²) < 4.78 is 5.04. The van der Waals surface area contributed by atoms with Gasteiger partial charge in [-0.1, -0.05) is 19.3 Å². The minimum absolute atomic E-state index is 0.0168. The van der Waals surface area contributed by atoms with Gasteiger partial charge in [-0.05, 0) is 25.2 Å². The van der Waals surface area contributed by atoms with Crippen molar-refractivity contribution in [3.05, 3.63) is 0 Å². The van der Waals surface area contributed by atoms with Crippen LogP contribution in [0.2, 0.25) is 0 Å². The highest BCUT2D eigenvalue weighted by atomic mass is 16.5. The second-order valence-electron chi connectivity index (χ2n) is 5.86. The van der Waals surface area contributed by atoms with Gasteiger partial charge in [0.05, 0.1) is 0 Å². The Hall–Kier alpha value is -1.10. The first-order valence-electron chi connectivity index (χ1n) is 7.79. The molecule has 1 aliphatic carbocycles. The number of ether oxygens (including phenoxy) is 1. The van der Waals surface area contributed by atoms with Crippen molar-refractivity contribution in [2.75, 3.05) is 26.8 Å². The third kappa shape index (κ3) is 3.95. The third-order valence-electron chi connectivity index (χ3n) is 4.40. The lowest BCUT2D eigenvalue weighted by Gasteiger charge is -2.31. The number of methoxy groups -OCH3 is 1. The van der Waals surface area contributed by atoms with Gasteiger partial charge in [-0.2, -0.15) is 0 Å². The van der Waals surface area contributed by atoms with Gasteiger partial charge in [-0.15, -0.1) is 0 Å². The molecule has 1 atom stereocenters. The molecular weight excluding hydrogens is 256 g/mol. The van der Waals surface area contributed by atoms with Crippen LogP contribution >= 0.6 is 0 Å². The van der Waals surface area contributed by atoms with Crippen LogP contribution in [0.25, 0.3) is 0 Å². The average molecular weight is 282 g/mol. The SMILES string of the molecule is COCCCN1CCC(=O)NC(C2CCCCC2)C1=O. The predicted octanol–water partition coefficient (Wildman–Crippen LogP) is 1.32. The molecule has 2 amide bonds. The first-order chi connectivity index (χ1) is 9.72. The van der Waals surface area contributed by atoms with Crippen molar-refractivity contribution in [3.63, 3.8) is 0 Å². The maximum absolute atomic E-state index is 12.7. The van der Waals surface area contributed by atoms with Crippen molar-refractivity contribution >= 4 is 11.8 Å². The molecular formula is C15H26N2O3. The fraction of sp³-hybridized carbons (Fsp3) is 0.867. The quantitative estimate of drug-likeness (QED) is 0.774. The minimum Gasteiger partial charge on any atom is -0.385 e. The summed E-state index contributed by atoms with van der Waals surface area (Å²) in [5.74, 6) is 0.449. The predicted molar refractivity (Wildman–Crippen MR) is 76.2 cm³/mol. The zero-order valence-corrected chi connectivity index (χ0v) is 12.4. The van der Waals surface area contributed by atoms with E-state index in [1.54, 1.807) is 7.11 Å². The largest absolute Gasteiger partial charge is 0.385 e. The lowest BCUT2D eigenvalue weighted by atomic mass is 9.83. The molecule has 2 rings (SSSR count). The maximum Gasteiger partial charge on any atom is 0.245 e. The van der Waals surface area contributed by atoms with Crippen LogP contribution in [0.4, 0.5) is 0 Å². The first kappa shape index (κ1) is 15.3. The van der Waals surface area contributed by atoms with E-state index in [1.165, 1.54) is 19.3 Å². The van der Waals surface area contributed by atoms with Crippen LogP contribution in [0.3, 0.4) is 0 Å². The molecule has 20 heavy (non-hydrogen) atoms. The number of hydrogen-bond donors (Lipinski definition) is 1. The van der Waals surface area contributed by atoms with Crippen molar-refractivity contribution in [1.82, 2.24) is 10.2 Å². The lowest BCUT2D eigenvalue weighted by molar-refractivity contribution is -0.135. The molecule has 1 heterocycles. The van der Waals surface area contributed by atoms with Crippen LogP contribution in [0.1, 0.15) is 44.9 Å². The normalized spacial score (nSPS) is 25.4. The first-order valence-corrected chi connectivity index (χ1v) is 7.79. The van der Waals surface area contributed by atoms with Crippen molar-refractivity contribution < 1.29 is 14.3 Å². The molecule has 5 nitrogen and oxygen atoms in total. The molecule has 0 aromatic carbocycles. The summed E-state index contributed by atoms with van der Waals surface area (Å²) in [5.41, 5.74) is 0. The van der Waals surface area contributed by atoms with E-state index < -0.39 is 0 Å². The van der Waals surface area contributed by atoms with Crippen LogP contribution in [0.15, 0.2) is 0 Å². The van der Waals surface area contributed by atoms with Crippen LogP contribution in [-0.2, 0) is 14.3 Å². The zero-order chi connectivity index (χ0) is 14.4. The van der Waals surface area contributed by atoms with Crippen molar-refractivity contribution in [2.45, 2.75) is 51.0 Å². The highest BCUT2D eigenvalue weighted by Gasteiger charge is 2.35. The fourth-order valence-electron chi connectivity index (χ4n) is 3.26. The van der Waals surface area contributed by atoms with Crippen molar-refractivity contribution in [2.24, 2.45) is 5.92 Å². The Morgan fingerprint density at radius 1 is 1.25 bits per heavy atom. The van der Waals surface area contributed by atoms with Gasteiger partial charge < -0.3 is 15.0 Å². The number of amides is 2. The molecule has 0 spiro atoms. The number of nitrogens with one attached hydrogen (secondary N) is 1. The Balaban J connectivity index is 2.00. The van der Waals surface area contributed by atoms with E-state index in [0.717, 1.165) is 19.3 Å². The fourth-order valence-corrected chi connectivity index (χ4v) is 3.26. The van der Waals surface area contributed by atoms with E-state index in [1.807, 2.05) is 4.90 Å². The van der Waals surface area contributed by atoms with Gasteiger partial charge in [-0.3, -0.25) is 9.59 Å². The lowest BCUT2D eigenvalue weighted by Crippen LogP contribution is -2.49. The monoisotopic (exact) mass is 282 g/mol. The molecule has 0 radical (unpaired) electrons. The Labute approximate surface area is 121 Å². The Kier molecular flexibility index (Phi) is 5.83. The molecule has 1 N–H and O–H groups in total. The number of carbonyl (C=O) groups is 2. The molecule has 0 aromatic heterocycles. The third-order valence-corrected chi connectivity index (χ3v) is 4.40. The minimum atomic E-state index is -0.298. The maximum atomic E-state index is 12.7. The van der Waals surface area contributed by atoms with E-state index >= 15 is 0 Å². The molecule has 5 heteroatoms. The van der Waals surface area contributed by atoms with Gasteiger partial charge in [0.25, 0.3) is 0 Å². The Bertz CT molecular complexity index is 340. The number of carbonyl (C=O) groups excluding carboxylic acids is 2. The van der Waals surface area contributed by atoms with E-state index in [9.17, 15) is 9.59 Å². The summed E-state index contributed by atoms with van der Waals surface area (Å²) in [7, 11) is 1.67. The highest BCUT2D eigenvalue weighted by molar-refractivity contribution is 5.90. The summed E-state index contributed by atoms with van der Waals surface area (Å²) in [6.07, 6.45) is 6.96. The van der Waals surface area contributed by atoms with Gasteiger partial charge >= 0.3 is 0 Å². The molecule has 114 valence electrons. The van der Waals surface area contributed by atoms with Gasteiger partial charge in [-0.25, -0.2) is 0 Å². The molecule has 1 saturated heterocycles. The van der Waals surface area contributed by atoms with Crippen LogP contribution in [0, 0.1) is 5.92 Å². The Morgan fingerprint density at radius 2 is 2.00 bits per heavy atom. The van der Waals surface area contributed by atoms with Gasteiger partial charge in [0.1, 0.15) is 6.04 Å². The van der Waals surface area contributed by atoms with Crippen molar-refractivity contribution in [1.29, 1.82) is 0 Å². The summed E-state index contributed by atoms with van der Waals surface area (Å²) in [5, 5.41) is 2.96. The van der Waals surface area contributed by atoms with Crippen LogP contribution in [-0.4, -0.2) is 49.6 Å². The van der Waals surface area contributed by atoms with E-state index in [-0.39, 0.29) is 17.9 Å². The summed E-state index contributed by atoms with van der Waals surface area (Å²) in [6, 6.07) is -0.298. The number of nitrogens with zero attached hydrogens (tertiary/aromatic N) is 1. The van der Waals surface area contributed by atoms with Gasteiger partial charge in [0.2, 0.25) is 11.8 Å². The summed E-state index contributed by atoms with van der Waals surface area (Å²) >= 11 is 0. The standard InChI is InChI=1S/C15H26N2O3/c1-20-11-5-9-17-10-8-13(18)16-14(15(17)19)12-6-3-2-4-7-12/h12,14H,2-11H2,1H3,(H,16,18). The zero-order valence-electron chi connectivity index (χ0n) is 12.4. The molecule has 1 unspecified atom stereocenters. The topological polar surface area (TPSA) is 58.6 Å². The summed E-state index contributed by atoms with van der Waals surface area (Å²) in [6.45, 7) is 1.88. The average Bonchev–Trinajstić information content (AvgIpc) is 2.61. The van der Waals surface area contributed by atoms with Gasteiger partial charge in [0.15, 0.2) is 0 Å². The molecule has 1 saturated carbocycles. The van der Waals surface area contributed by atoms with Crippen LogP contribution < -0.4 is 5.32 Å².